The summed E-state index contributed by atoms with van der Waals surface area (Å²) in [5.41, 5.74) is 3.50. The predicted octanol–water partition coefficient (Wildman–Crippen LogP) is 4.64. The zero-order valence-corrected chi connectivity index (χ0v) is 13.3. The molecule has 0 aliphatic heterocycles. The Kier molecular flexibility index (Phi) is 4.27. The monoisotopic (exact) mass is 349 g/mol. The van der Waals surface area contributed by atoms with Crippen molar-refractivity contribution >= 4 is 15.9 Å². The third-order valence-corrected chi connectivity index (χ3v) is 3.74. The molecule has 0 saturated heterocycles. The van der Waals surface area contributed by atoms with Crippen LogP contribution in [0.15, 0.2) is 65.1 Å². The molecule has 0 atom stereocenters. The Balaban J connectivity index is 2.12. The van der Waals surface area contributed by atoms with E-state index in [1.165, 1.54) is 0 Å². The summed E-state index contributed by atoms with van der Waals surface area (Å²) in [5, 5.41) is 8.96. The van der Waals surface area contributed by atoms with Gasteiger partial charge in [-0.15, -0.1) is 0 Å². The zero-order valence-electron chi connectivity index (χ0n) is 11.7. The number of rotatable bonds is 3. The van der Waals surface area contributed by atoms with Crippen molar-refractivity contribution in [2.75, 3.05) is 0 Å². The summed E-state index contributed by atoms with van der Waals surface area (Å²) in [7, 11) is 0. The Bertz CT molecular complexity index is 821. The van der Waals surface area contributed by atoms with E-state index in [0.29, 0.717) is 5.82 Å². The Hall–Kier alpha value is -2.51. The Morgan fingerprint density at radius 2 is 1.64 bits per heavy atom. The van der Waals surface area contributed by atoms with Gasteiger partial charge in [0.15, 0.2) is 5.82 Å². The number of nitriles is 1. The van der Waals surface area contributed by atoms with Crippen molar-refractivity contribution in [3.05, 3.63) is 70.8 Å². The van der Waals surface area contributed by atoms with Crippen LogP contribution in [0.5, 0.6) is 0 Å². The lowest BCUT2D eigenvalue weighted by Gasteiger charge is -2.07. The molecule has 3 rings (SSSR count). The quantitative estimate of drug-likeness (QED) is 0.691. The number of hydrogen-bond acceptors (Lipinski definition) is 3. The summed E-state index contributed by atoms with van der Waals surface area (Å²) in [5.74, 6) is 0.645. The van der Waals surface area contributed by atoms with Crippen LogP contribution in [0.25, 0.3) is 22.6 Å². The van der Waals surface area contributed by atoms with Gasteiger partial charge in [0, 0.05) is 15.6 Å². The van der Waals surface area contributed by atoms with Crippen LogP contribution in [-0.2, 0) is 6.42 Å². The van der Waals surface area contributed by atoms with E-state index in [0.717, 1.165) is 27.0 Å². The van der Waals surface area contributed by atoms with Crippen molar-refractivity contribution in [1.29, 1.82) is 5.26 Å². The van der Waals surface area contributed by atoms with E-state index in [2.05, 4.69) is 32.0 Å². The van der Waals surface area contributed by atoms with Gasteiger partial charge in [-0.2, -0.15) is 5.26 Å². The van der Waals surface area contributed by atoms with Gasteiger partial charge in [0.05, 0.1) is 23.9 Å². The molecule has 0 saturated carbocycles. The number of aromatic nitrogens is 2. The van der Waals surface area contributed by atoms with Gasteiger partial charge in [0.25, 0.3) is 0 Å². The molecule has 0 N–H and O–H groups in total. The average molecular weight is 350 g/mol. The van der Waals surface area contributed by atoms with E-state index in [1.54, 1.807) is 0 Å². The second kappa shape index (κ2) is 6.50. The highest BCUT2D eigenvalue weighted by molar-refractivity contribution is 9.10. The lowest BCUT2D eigenvalue weighted by Crippen LogP contribution is -1.97. The van der Waals surface area contributed by atoms with Crippen LogP contribution in [0.2, 0.25) is 0 Å². The molecular weight excluding hydrogens is 338 g/mol. The molecule has 106 valence electrons. The summed E-state index contributed by atoms with van der Waals surface area (Å²) in [4.78, 5) is 9.14. The summed E-state index contributed by atoms with van der Waals surface area (Å²) in [6.45, 7) is 0. The van der Waals surface area contributed by atoms with Gasteiger partial charge in [-0.05, 0) is 18.2 Å². The molecule has 1 heterocycles. The van der Waals surface area contributed by atoms with Crippen molar-refractivity contribution in [2.45, 2.75) is 6.42 Å². The van der Waals surface area contributed by atoms with Crippen LogP contribution in [-0.4, -0.2) is 9.97 Å². The first-order valence-corrected chi connectivity index (χ1v) is 7.62. The second-order valence-corrected chi connectivity index (χ2v) is 5.69. The van der Waals surface area contributed by atoms with Gasteiger partial charge in [0.1, 0.15) is 0 Å². The van der Waals surface area contributed by atoms with E-state index in [1.807, 2.05) is 60.7 Å². The van der Waals surface area contributed by atoms with Crippen LogP contribution in [0, 0.1) is 11.3 Å². The molecule has 2 aromatic carbocycles. The van der Waals surface area contributed by atoms with Crippen molar-refractivity contribution < 1.29 is 0 Å². The highest BCUT2D eigenvalue weighted by atomic mass is 79.9. The lowest BCUT2D eigenvalue weighted by atomic mass is 10.1. The number of nitrogens with zero attached hydrogens (tertiary/aromatic N) is 3. The number of benzene rings is 2. The highest BCUT2D eigenvalue weighted by Gasteiger charge is 2.08. The molecule has 0 aliphatic carbocycles. The minimum atomic E-state index is 0.270. The third-order valence-electron chi connectivity index (χ3n) is 3.21. The molecule has 0 unspecified atom stereocenters. The van der Waals surface area contributed by atoms with E-state index >= 15 is 0 Å². The van der Waals surface area contributed by atoms with Crippen molar-refractivity contribution in [1.82, 2.24) is 9.97 Å². The molecule has 0 fully saturated rings. The molecule has 0 spiro atoms. The van der Waals surface area contributed by atoms with Crippen LogP contribution in [0.3, 0.4) is 0 Å². The maximum atomic E-state index is 8.96. The molecule has 0 radical (unpaired) electrons. The molecule has 22 heavy (non-hydrogen) atoms. The molecule has 0 aliphatic rings. The Morgan fingerprint density at radius 3 is 2.32 bits per heavy atom. The summed E-state index contributed by atoms with van der Waals surface area (Å²) < 4.78 is 1.02. The van der Waals surface area contributed by atoms with E-state index in [4.69, 9.17) is 5.26 Å². The second-order valence-electron chi connectivity index (χ2n) is 4.78. The number of halogens is 1. The first-order chi connectivity index (χ1) is 10.8. The minimum absolute atomic E-state index is 0.270. The maximum Gasteiger partial charge on any atom is 0.160 e. The minimum Gasteiger partial charge on any atom is -0.232 e. The van der Waals surface area contributed by atoms with Gasteiger partial charge in [-0.1, -0.05) is 58.4 Å². The third kappa shape index (κ3) is 3.21. The molecule has 3 nitrogen and oxygen atoms in total. The number of hydrogen-bond donors (Lipinski definition) is 0. The summed E-state index contributed by atoms with van der Waals surface area (Å²) in [6, 6.07) is 21.8. The largest absolute Gasteiger partial charge is 0.232 e. The van der Waals surface area contributed by atoms with Gasteiger partial charge in [0.2, 0.25) is 0 Å². The lowest BCUT2D eigenvalue weighted by molar-refractivity contribution is 1.07. The van der Waals surface area contributed by atoms with Crippen LogP contribution in [0.1, 0.15) is 5.69 Å². The van der Waals surface area contributed by atoms with E-state index in [9.17, 15) is 0 Å². The topological polar surface area (TPSA) is 49.6 Å². The fraction of sp³-hybridized carbons (Fsp3) is 0.0556. The Labute approximate surface area is 137 Å². The van der Waals surface area contributed by atoms with Crippen LogP contribution < -0.4 is 0 Å². The maximum absolute atomic E-state index is 8.96. The van der Waals surface area contributed by atoms with Crippen molar-refractivity contribution in [2.24, 2.45) is 0 Å². The van der Waals surface area contributed by atoms with Crippen molar-refractivity contribution in [3.63, 3.8) is 0 Å². The first kappa shape index (κ1) is 14.4. The van der Waals surface area contributed by atoms with Gasteiger partial charge in [-0.3, -0.25) is 0 Å². The van der Waals surface area contributed by atoms with Crippen LogP contribution in [0.4, 0.5) is 0 Å². The predicted molar refractivity (Wildman–Crippen MR) is 89.9 cm³/mol. The Morgan fingerprint density at radius 1 is 0.909 bits per heavy atom. The fourth-order valence-electron chi connectivity index (χ4n) is 2.15. The van der Waals surface area contributed by atoms with Crippen LogP contribution >= 0.6 is 15.9 Å². The van der Waals surface area contributed by atoms with Gasteiger partial charge in [-0.25, -0.2) is 9.97 Å². The average Bonchev–Trinajstić information content (AvgIpc) is 2.56. The highest BCUT2D eigenvalue weighted by Crippen LogP contribution is 2.24. The smallest absolute Gasteiger partial charge is 0.160 e. The molecule has 0 bridgehead atoms. The van der Waals surface area contributed by atoms with E-state index < -0.39 is 0 Å². The standard InChI is InChI=1S/C18H12BrN3/c19-15-8-6-13(7-9-15)17-12-16(10-11-20)21-18(22-17)14-4-2-1-3-5-14/h1-9,12H,10H2. The first-order valence-electron chi connectivity index (χ1n) is 6.82. The molecule has 3 aromatic rings. The summed E-state index contributed by atoms with van der Waals surface area (Å²) in [6.07, 6.45) is 0.270. The van der Waals surface area contributed by atoms with Crippen molar-refractivity contribution in [3.8, 4) is 28.7 Å². The van der Waals surface area contributed by atoms with Gasteiger partial charge >= 0.3 is 0 Å². The SMILES string of the molecule is N#CCc1cc(-c2ccc(Br)cc2)nc(-c2ccccc2)n1. The van der Waals surface area contributed by atoms with E-state index in [-0.39, 0.29) is 6.42 Å². The molecule has 1 aromatic heterocycles. The summed E-state index contributed by atoms with van der Waals surface area (Å²) >= 11 is 3.43. The zero-order chi connectivity index (χ0) is 15.4. The molecule has 4 heteroatoms. The fourth-order valence-corrected chi connectivity index (χ4v) is 2.42. The molecular formula is C18H12BrN3. The van der Waals surface area contributed by atoms with Gasteiger partial charge < -0.3 is 0 Å². The molecule has 0 amide bonds. The normalized spacial score (nSPS) is 10.2.